The molecule has 0 aromatic carbocycles. The molecule has 1 saturated heterocycles. The van der Waals surface area contributed by atoms with Gasteiger partial charge in [0.2, 0.25) is 11.8 Å². The third kappa shape index (κ3) is 5.59. The highest BCUT2D eigenvalue weighted by atomic mass is 16.2. The number of hydrogen-bond acceptors (Lipinski definition) is 3. The van der Waals surface area contributed by atoms with Crippen molar-refractivity contribution in [3.05, 3.63) is 0 Å². The quantitative estimate of drug-likeness (QED) is 0.748. The lowest BCUT2D eigenvalue weighted by Gasteiger charge is -2.31. The molecule has 0 radical (unpaired) electrons. The van der Waals surface area contributed by atoms with Gasteiger partial charge in [0.05, 0.1) is 6.54 Å². The van der Waals surface area contributed by atoms with E-state index in [4.69, 9.17) is 0 Å². The molecule has 0 unspecified atom stereocenters. The van der Waals surface area contributed by atoms with Gasteiger partial charge in [-0.3, -0.25) is 9.59 Å². The van der Waals surface area contributed by atoms with E-state index >= 15 is 0 Å². The van der Waals surface area contributed by atoms with Gasteiger partial charge in [-0.15, -0.1) is 0 Å². The van der Waals surface area contributed by atoms with Crippen molar-refractivity contribution >= 4 is 11.8 Å². The number of likely N-dealkylation sites (tertiary alicyclic amines) is 1. The lowest BCUT2D eigenvalue weighted by molar-refractivity contribution is -0.135. The first-order valence-electron chi connectivity index (χ1n) is 7.33. The molecule has 0 saturated carbocycles. The summed E-state index contributed by atoms with van der Waals surface area (Å²) in [7, 11) is 0. The van der Waals surface area contributed by atoms with Gasteiger partial charge in [0.15, 0.2) is 0 Å². The molecule has 1 aliphatic heterocycles. The van der Waals surface area contributed by atoms with Crippen molar-refractivity contribution in [2.45, 2.75) is 46.1 Å². The maximum Gasteiger partial charge on any atom is 0.236 e. The SMILES string of the molecule is CCCNC(=O)C1CCN(C(=O)CNC(C)C)CC1. The number of carbonyl (C=O) groups excluding carboxylic acids is 2. The monoisotopic (exact) mass is 269 g/mol. The summed E-state index contributed by atoms with van der Waals surface area (Å²) in [4.78, 5) is 25.6. The maximum absolute atomic E-state index is 11.9. The van der Waals surface area contributed by atoms with Crippen molar-refractivity contribution in [2.75, 3.05) is 26.2 Å². The van der Waals surface area contributed by atoms with Crippen molar-refractivity contribution in [1.82, 2.24) is 15.5 Å². The topological polar surface area (TPSA) is 61.4 Å². The average molecular weight is 269 g/mol. The molecule has 0 bridgehead atoms. The molecule has 2 N–H and O–H groups in total. The van der Waals surface area contributed by atoms with Crippen LogP contribution < -0.4 is 10.6 Å². The Morgan fingerprint density at radius 1 is 1.26 bits per heavy atom. The second-order valence-electron chi connectivity index (χ2n) is 5.48. The Labute approximate surface area is 116 Å². The van der Waals surface area contributed by atoms with Gasteiger partial charge in [0, 0.05) is 31.6 Å². The number of nitrogens with one attached hydrogen (secondary N) is 2. The van der Waals surface area contributed by atoms with Crippen molar-refractivity contribution in [2.24, 2.45) is 5.92 Å². The molecule has 5 heteroatoms. The van der Waals surface area contributed by atoms with E-state index in [1.54, 1.807) is 0 Å². The molecular formula is C14H27N3O2. The Bertz CT molecular complexity index is 297. The van der Waals surface area contributed by atoms with Gasteiger partial charge in [0.1, 0.15) is 0 Å². The van der Waals surface area contributed by atoms with E-state index < -0.39 is 0 Å². The van der Waals surface area contributed by atoms with Crippen molar-refractivity contribution in [3.8, 4) is 0 Å². The van der Waals surface area contributed by atoms with Crippen LogP contribution in [-0.2, 0) is 9.59 Å². The minimum absolute atomic E-state index is 0.0775. The van der Waals surface area contributed by atoms with Crippen molar-refractivity contribution in [1.29, 1.82) is 0 Å². The molecule has 19 heavy (non-hydrogen) atoms. The summed E-state index contributed by atoms with van der Waals surface area (Å²) in [5.74, 6) is 0.365. The fourth-order valence-corrected chi connectivity index (χ4v) is 2.19. The number of carbonyl (C=O) groups is 2. The summed E-state index contributed by atoms with van der Waals surface area (Å²) < 4.78 is 0. The lowest BCUT2D eigenvalue weighted by atomic mass is 9.96. The fraction of sp³-hybridized carbons (Fsp3) is 0.857. The Morgan fingerprint density at radius 3 is 2.42 bits per heavy atom. The van der Waals surface area contributed by atoms with E-state index in [0.29, 0.717) is 25.7 Å². The highest BCUT2D eigenvalue weighted by Gasteiger charge is 2.26. The third-order valence-corrected chi connectivity index (χ3v) is 3.43. The van der Waals surface area contributed by atoms with Crippen LogP contribution in [0.15, 0.2) is 0 Å². The van der Waals surface area contributed by atoms with E-state index in [-0.39, 0.29) is 17.7 Å². The molecular weight excluding hydrogens is 242 g/mol. The van der Waals surface area contributed by atoms with E-state index in [1.165, 1.54) is 0 Å². The Morgan fingerprint density at radius 2 is 1.89 bits per heavy atom. The highest BCUT2D eigenvalue weighted by Crippen LogP contribution is 2.17. The molecule has 0 atom stereocenters. The van der Waals surface area contributed by atoms with Crippen LogP contribution in [-0.4, -0.2) is 48.9 Å². The predicted molar refractivity (Wildman–Crippen MR) is 75.7 cm³/mol. The number of rotatable bonds is 6. The zero-order chi connectivity index (χ0) is 14.3. The molecule has 1 aliphatic rings. The smallest absolute Gasteiger partial charge is 0.236 e. The summed E-state index contributed by atoms with van der Waals surface area (Å²) in [5.41, 5.74) is 0. The number of nitrogens with zero attached hydrogens (tertiary/aromatic N) is 1. The number of amides is 2. The van der Waals surface area contributed by atoms with Crippen LogP contribution in [0.25, 0.3) is 0 Å². The molecule has 5 nitrogen and oxygen atoms in total. The lowest BCUT2D eigenvalue weighted by Crippen LogP contribution is -2.46. The van der Waals surface area contributed by atoms with E-state index in [1.807, 2.05) is 25.7 Å². The van der Waals surface area contributed by atoms with E-state index in [9.17, 15) is 9.59 Å². The van der Waals surface area contributed by atoms with Crippen LogP contribution in [0, 0.1) is 5.92 Å². The largest absolute Gasteiger partial charge is 0.356 e. The molecule has 110 valence electrons. The molecule has 0 aromatic heterocycles. The van der Waals surface area contributed by atoms with Gasteiger partial charge in [-0.25, -0.2) is 0 Å². The Balaban J connectivity index is 2.28. The minimum atomic E-state index is 0.0775. The maximum atomic E-state index is 11.9. The molecule has 1 rings (SSSR count). The van der Waals surface area contributed by atoms with Crippen molar-refractivity contribution in [3.63, 3.8) is 0 Å². The summed E-state index contributed by atoms with van der Waals surface area (Å²) in [6.45, 7) is 8.63. The van der Waals surface area contributed by atoms with Crippen LogP contribution in [0.1, 0.15) is 40.0 Å². The number of piperidine rings is 1. The third-order valence-electron chi connectivity index (χ3n) is 3.43. The van der Waals surface area contributed by atoms with Crippen LogP contribution in [0.5, 0.6) is 0 Å². The van der Waals surface area contributed by atoms with Gasteiger partial charge in [-0.05, 0) is 19.3 Å². The van der Waals surface area contributed by atoms with Gasteiger partial charge in [0.25, 0.3) is 0 Å². The van der Waals surface area contributed by atoms with Gasteiger partial charge in [-0.2, -0.15) is 0 Å². The van der Waals surface area contributed by atoms with Crippen LogP contribution in [0.2, 0.25) is 0 Å². The van der Waals surface area contributed by atoms with Gasteiger partial charge in [-0.1, -0.05) is 20.8 Å². The van der Waals surface area contributed by atoms with Crippen LogP contribution >= 0.6 is 0 Å². The molecule has 2 amide bonds. The second-order valence-corrected chi connectivity index (χ2v) is 5.48. The zero-order valence-electron chi connectivity index (χ0n) is 12.4. The van der Waals surface area contributed by atoms with Gasteiger partial charge >= 0.3 is 0 Å². The second kappa shape index (κ2) is 8.15. The summed E-state index contributed by atoms with van der Waals surface area (Å²) in [6, 6.07) is 0.321. The zero-order valence-corrected chi connectivity index (χ0v) is 12.4. The predicted octanol–water partition coefficient (Wildman–Crippen LogP) is 0.749. The van der Waals surface area contributed by atoms with Crippen molar-refractivity contribution < 1.29 is 9.59 Å². The molecule has 1 heterocycles. The van der Waals surface area contributed by atoms with E-state index in [0.717, 1.165) is 25.8 Å². The average Bonchev–Trinajstić information content (AvgIpc) is 2.42. The summed E-state index contributed by atoms with van der Waals surface area (Å²) in [5, 5.41) is 6.07. The molecule has 0 aliphatic carbocycles. The highest BCUT2D eigenvalue weighted by molar-refractivity contribution is 5.80. The normalized spacial score (nSPS) is 16.7. The molecule has 0 spiro atoms. The Kier molecular flexibility index (Phi) is 6.84. The minimum Gasteiger partial charge on any atom is -0.356 e. The van der Waals surface area contributed by atoms with Crippen LogP contribution in [0.4, 0.5) is 0 Å². The Hall–Kier alpha value is -1.10. The first-order chi connectivity index (χ1) is 9.04. The standard InChI is InChI=1S/C14H27N3O2/c1-4-7-15-14(19)12-5-8-17(9-6-12)13(18)10-16-11(2)3/h11-12,16H,4-10H2,1-3H3,(H,15,19). The summed E-state index contributed by atoms with van der Waals surface area (Å²) in [6.07, 6.45) is 2.52. The molecule has 1 fully saturated rings. The van der Waals surface area contributed by atoms with E-state index in [2.05, 4.69) is 10.6 Å². The number of hydrogen-bond donors (Lipinski definition) is 2. The first-order valence-corrected chi connectivity index (χ1v) is 7.33. The summed E-state index contributed by atoms with van der Waals surface area (Å²) >= 11 is 0. The fourth-order valence-electron chi connectivity index (χ4n) is 2.19. The first kappa shape index (κ1) is 16.0. The van der Waals surface area contributed by atoms with Crippen LogP contribution in [0.3, 0.4) is 0 Å². The molecule has 0 aromatic rings. The van der Waals surface area contributed by atoms with Gasteiger partial charge < -0.3 is 15.5 Å².